The van der Waals surface area contributed by atoms with Gasteiger partial charge in [0, 0.05) is 5.69 Å². The van der Waals surface area contributed by atoms with Crippen molar-refractivity contribution in [3.05, 3.63) is 59.7 Å². The molecule has 2 rings (SSSR count). The van der Waals surface area contributed by atoms with Crippen LogP contribution in [0, 0.1) is 0 Å². The molecule has 0 aliphatic carbocycles. The van der Waals surface area contributed by atoms with Gasteiger partial charge in [-0.25, -0.2) is 4.79 Å². The van der Waals surface area contributed by atoms with Crippen LogP contribution in [0.25, 0.3) is 0 Å². The van der Waals surface area contributed by atoms with Gasteiger partial charge in [-0.1, -0.05) is 45.4 Å². The van der Waals surface area contributed by atoms with E-state index >= 15 is 0 Å². The molecule has 5 nitrogen and oxygen atoms in total. The normalized spacial score (nSPS) is 11.8. The highest BCUT2D eigenvalue weighted by Crippen LogP contribution is 2.26. The van der Waals surface area contributed by atoms with Crippen molar-refractivity contribution in [2.24, 2.45) is 0 Å². The molecular formula is C23H29NO4. The van der Waals surface area contributed by atoms with Crippen LogP contribution < -0.4 is 10.1 Å². The summed E-state index contributed by atoms with van der Waals surface area (Å²) in [5, 5.41) is 2.81. The maximum Gasteiger partial charge on any atom is 0.338 e. The molecule has 1 atom stereocenters. The van der Waals surface area contributed by atoms with Crippen molar-refractivity contribution in [2.45, 2.75) is 52.6 Å². The fourth-order valence-electron chi connectivity index (χ4n) is 2.63. The van der Waals surface area contributed by atoms with E-state index in [0.717, 1.165) is 18.4 Å². The molecule has 0 aromatic heterocycles. The molecule has 2 aromatic rings. The number of hydrogen-bond donors (Lipinski definition) is 1. The lowest BCUT2D eigenvalue weighted by Crippen LogP contribution is -2.30. The van der Waals surface area contributed by atoms with E-state index in [0.29, 0.717) is 29.5 Å². The minimum atomic E-state index is -0.654. The molecule has 150 valence electrons. The number of benzene rings is 2. The Morgan fingerprint density at radius 2 is 1.68 bits per heavy atom. The van der Waals surface area contributed by atoms with Gasteiger partial charge in [-0.05, 0) is 55.2 Å². The van der Waals surface area contributed by atoms with E-state index in [1.165, 1.54) is 0 Å². The highest BCUT2D eigenvalue weighted by molar-refractivity contribution is 5.95. The van der Waals surface area contributed by atoms with E-state index in [1.54, 1.807) is 31.2 Å². The van der Waals surface area contributed by atoms with Crippen molar-refractivity contribution < 1.29 is 19.1 Å². The minimum absolute atomic E-state index is 0.253. The monoisotopic (exact) mass is 383 g/mol. The second kappa shape index (κ2) is 10.5. The maximum absolute atomic E-state index is 12.5. The first-order chi connectivity index (χ1) is 13.4. The third kappa shape index (κ3) is 6.12. The summed E-state index contributed by atoms with van der Waals surface area (Å²) in [6.45, 7) is 8.34. The maximum atomic E-state index is 12.5. The van der Waals surface area contributed by atoms with E-state index in [9.17, 15) is 9.59 Å². The zero-order valence-corrected chi connectivity index (χ0v) is 17.0. The number of rotatable bonds is 9. The number of para-hydroxylation sites is 1. The van der Waals surface area contributed by atoms with Gasteiger partial charge < -0.3 is 14.8 Å². The van der Waals surface area contributed by atoms with Crippen LogP contribution in [0.4, 0.5) is 5.69 Å². The first-order valence-electron chi connectivity index (χ1n) is 9.76. The van der Waals surface area contributed by atoms with Crippen LogP contribution in [0.1, 0.15) is 62.4 Å². The summed E-state index contributed by atoms with van der Waals surface area (Å²) in [4.78, 5) is 24.4. The van der Waals surface area contributed by atoms with Crippen LogP contribution in [0.5, 0.6) is 5.75 Å². The third-order valence-corrected chi connectivity index (χ3v) is 4.33. The lowest BCUT2D eigenvalue weighted by atomic mass is 10.0. The van der Waals surface area contributed by atoms with Crippen LogP contribution in [0.3, 0.4) is 0 Å². The van der Waals surface area contributed by atoms with Crippen LogP contribution in [-0.2, 0) is 9.53 Å². The number of nitrogens with one attached hydrogen (secondary N) is 1. The number of carbonyl (C=O) groups excluding carboxylic acids is 2. The Bertz CT molecular complexity index is 783. The van der Waals surface area contributed by atoms with Crippen LogP contribution in [-0.4, -0.2) is 24.6 Å². The number of esters is 1. The van der Waals surface area contributed by atoms with Crippen LogP contribution >= 0.6 is 0 Å². The molecule has 0 fully saturated rings. The molecule has 0 heterocycles. The SMILES string of the molecule is CCCCOC(=O)c1ccc(NC(=O)C(C)Oc2ccccc2C(C)C)cc1. The number of ether oxygens (including phenoxy) is 2. The predicted molar refractivity (Wildman–Crippen MR) is 111 cm³/mol. The minimum Gasteiger partial charge on any atom is -0.481 e. The van der Waals surface area contributed by atoms with E-state index in [-0.39, 0.29) is 11.9 Å². The fourth-order valence-corrected chi connectivity index (χ4v) is 2.63. The summed E-state index contributed by atoms with van der Waals surface area (Å²) in [7, 11) is 0. The lowest BCUT2D eigenvalue weighted by molar-refractivity contribution is -0.122. The average Bonchev–Trinajstić information content (AvgIpc) is 2.68. The number of hydrogen-bond acceptors (Lipinski definition) is 4. The Morgan fingerprint density at radius 1 is 1.00 bits per heavy atom. The zero-order chi connectivity index (χ0) is 20.5. The standard InChI is InChI=1S/C23H29NO4/c1-5-6-15-27-23(26)18-11-13-19(14-12-18)24-22(25)17(4)28-21-10-8-7-9-20(21)16(2)3/h7-14,16-17H,5-6,15H2,1-4H3,(H,24,25). The summed E-state index contributed by atoms with van der Waals surface area (Å²) < 4.78 is 11.0. The van der Waals surface area contributed by atoms with Gasteiger partial charge in [0.25, 0.3) is 5.91 Å². The molecule has 1 N–H and O–H groups in total. The molecular weight excluding hydrogens is 354 g/mol. The molecule has 0 spiro atoms. The number of unbranched alkanes of at least 4 members (excludes halogenated alkanes) is 1. The molecule has 1 unspecified atom stereocenters. The first kappa shape index (κ1) is 21.5. The van der Waals surface area contributed by atoms with Crippen molar-refractivity contribution in [2.75, 3.05) is 11.9 Å². The highest BCUT2D eigenvalue weighted by atomic mass is 16.5. The van der Waals surface area contributed by atoms with E-state index in [1.807, 2.05) is 31.2 Å². The van der Waals surface area contributed by atoms with Gasteiger partial charge in [0.05, 0.1) is 12.2 Å². The van der Waals surface area contributed by atoms with Gasteiger partial charge in [0.2, 0.25) is 0 Å². The second-order valence-corrected chi connectivity index (χ2v) is 7.01. The highest BCUT2D eigenvalue weighted by Gasteiger charge is 2.17. The Hall–Kier alpha value is -2.82. The van der Waals surface area contributed by atoms with Crippen molar-refractivity contribution in [3.8, 4) is 5.75 Å². The van der Waals surface area contributed by atoms with E-state index in [4.69, 9.17) is 9.47 Å². The molecule has 0 saturated carbocycles. The topological polar surface area (TPSA) is 64.6 Å². The Labute approximate surface area is 167 Å². The van der Waals surface area contributed by atoms with Gasteiger partial charge in [-0.2, -0.15) is 0 Å². The van der Waals surface area contributed by atoms with Crippen molar-refractivity contribution in [1.82, 2.24) is 0 Å². The largest absolute Gasteiger partial charge is 0.481 e. The van der Waals surface area contributed by atoms with Gasteiger partial charge in [-0.15, -0.1) is 0 Å². The molecule has 0 saturated heterocycles. The molecule has 2 aromatic carbocycles. The van der Waals surface area contributed by atoms with Crippen molar-refractivity contribution >= 4 is 17.6 Å². The molecule has 0 radical (unpaired) electrons. The summed E-state index contributed by atoms with van der Waals surface area (Å²) in [6, 6.07) is 14.4. The Balaban J connectivity index is 1.94. The van der Waals surface area contributed by atoms with Gasteiger partial charge >= 0.3 is 5.97 Å². The zero-order valence-electron chi connectivity index (χ0n) is 17.0. The molecule has 0 aliphatic heterocycles. The quantitative estimate of drug-likeness (QED) is 0.479. The predicted octanol–water partition coefficient (Wildman–Crippen LogP) is 5.17. The Kier molecular flexibility index (Phi) is 8.05. The van der Waals surface area contributed by atoms with Crippen LogP contribution in [0.2, 0.25) is 0 Å². The van der Waals surface area contributed by atoms with Gasteiger partial charge in [-0.3, -0.25) is 4.79 Å². The summed E-state index contributed by atoms with van der Waals surface area (Å²) in [5.74, 6) is 0.409. The Morgan fingerprint density at radius 3 is 2.32 bits per heavy atom. The van der Waals surface area contributed by atoms with Crippen molar-refractivity contribution in [1.29, 1.82) is 0 Å². The fraction of sp³-hybridized carbons (Fsp3) is 0.391. The third-order valence-electron chi connectivity index (χ3n) is 4.33. The number of carbonyl (C=O) groups is 2. The average molecular weight is 383 g/mol. The molecule has 1 amide bonds. The second-order valence-electron chi connectivity index (χ2n) is 7.01. The van der Waals surface area contributed by atoms with E-state index in [2.05, 4.69) is 19.2 Å². The lowest BCUT2D eigenvalue weighted by Gasteiger charge is -2.18. The van der Waals surface area contributed by atoms with Crippen LogP contribution in [0.15, 0.2) is 48.5 Å². The van der Waals surface area contributed by atoms with E-state index < -0.39 is 6.10 Å². The van der Waals surface area contributed by atoms with Gasteiger partial charge in [0.15, 0.2) is 6.10 Å². The smallest absolute Gasteiger partial charge is 0.338 e. The summed E-state index contributed by atoms with van der Waals surface area (Å²) in [6.07, 6.45) is 1.16. The van der Waals surface area contributed by atoms with Gasteiger partial charge in [0.1, 0.15) is 5.75 Å². The first-order valence-corrected chi connectivity index (χ1v) is 9.76. The summed E-state index contributed by atoms with van der Waals surface area (Å²) in [5.41, 5.74) is 2.13. The summed E-state index contributed by atoms with van der Waals surface area (Å²) >= 11 is 0. The molecule has 0 aliphatic rings. The number of anilines is 1. The molecule has 5 heteroatoms. The molecule has 28 heavy (non-hydrogen) atoms. The number of amides is 1. The van der Waals surface area contributed by atoms with Crippen molar-refractivity contribution in [3.63, 3.8) is 0 Å². The molecule has 0 bridgehead atoms.